The van der Waals surface area contributed by atoms with Gasteiger partial charge in [-0.15, -0.1) is 0 Å². The van der Waals surface area contributed by atoms with Gasteiger partial charge in [0.2, 0.25) is 0 Å². The number of piperidine rings is 1. The molecule has 1 fully saturated rings. The Morgan fingerprint density at radius 3 is 1.18 bits per heavy atom. The van der Waals surface area contributed by atoms with Crippen molar-refractivity contribution in [2.75, 3.05) is 40.3 Å². The van der Waals surface area contributed by atoms with Crippen LogP contribution in [0.2, 0.25) is 0 Å². The SMILES string of the molecule is C.C.C.C.CC(C)N(C)CCc1cccc(-c2ccco2)c1.CC(C)N(Cc1cccc(-c2ccco2)c1)Cc1cccc(-c2ccco2)c1.CC(C)N1CCCCC1.CCN(C)C(C)C. The summed E-state index contributed by atoms with van der Waals surface area (Å²) in [6.07, 6.45) is 10.5. The Balaban J connectivity index is 0.000000956. The molecule has 3 aromatic carbocycles. The summed E-state index contributed by atoms with van der Waals surface area (Å²) in [6, 6.07) is 40.0. The summed E-state index contributed by atoms with van der Waals surface area (Å²) in [5, 5.41) is 0. The quantitative estimate of drug-likeness (QED) is 0.102. The number of likely N-dealkylation sites (N-methyl/N-ethyl adjacent to an activating group) is 1. The van der Waals surface area contributed by atoms with E-state index >= 15 is 0 Å². The second-order valence-electron chi connectivity index (χ2n) is 17.7. The van der Waals surface area contributed by atoms with Gasteiger partial charge in [-0.1, -0.05) is 97.6 Å². The van der Waals surface area contributed by atoms with Crippen LogP contribution in [-0.2, 0) is 19.5 Å². The van der Waals surface area contributed by atoms with Gasteiger partial charge in [-0.05, 0) is 180 Å². The Labute approximate surface area is 405 Å². The maximum absolute atomic E-state index is 5.55. The minimum Gasteiger partial charge on any atom is -0.464 e. The molecule has 0 saturated carbocycles. The predicted octanol–water partition coefficient (Wildman–Crippen LogP) is 16.2. The minimum atomic E-state index is 0. The van der Waals surface area contributed by atoms with Crippen molar-refractivity contribution in [2.45, 2.75) is 155 Å². The summed E-state index contributed by atoms with van der Waals surface area (Å²) in [4.78, 5) is 9.69. The summed E-state index contributed by atoms with van der Waals surface area (Å²) in [5.74, 6) is 2.75. The highest BCUT2D eigenvalue weighted by Crippen LogP contribution is 2.25. The third kappa shape index (κ3) is 21.3. The van der Waals surface area contributed by atoms with E-state index in [1.54, 1.807) is 18.8 Å². The number of hydrogen-bond acceptors (Lipinski definition) is 7. The number of rotatable bonds is 15. The lowest BCUT2D eigenvalue weighted by molar-refractivity contribution is 0.185. The summed E-state index contributed by atoms with van der Waals surface area (Å²) in [5.41, 5.74) is 7.31. The molecule has 7 heteroatoms. The Morgan fingerprint density at radius 2 is 0.879 bits per heavy atom. The molecule has 6 aromatic rings. The highest BCUT2D eigenvalue weighted by atomic mass is 16.3. The molecule has 7 nitrogen and oxygen atoms in total. The van der Waals surface area contributed by atoms with Crippen LogP contribution in [0.3, 0.4) is 0 Å². The van der Waals surface area contributed by atoms with Crippen LogP contribution >= 0.6 is 0 Å². The van der Waals surface area contributed by atoms with E-state index in [2.05, 4.69) is 169 Å². The Bertz CT molecular complexity index is 1950. The molecule has 3 aromatic heterocycles. The van der Waals surface area contributed by atoms with Crippen LogP contribution in [0.5, 0.6) is 0 Å². The number of likely N-dealkylation sites (tertiary alicyclic amines) is 1. The fourth-order valence-corrected chi connectivity index (χ4v) is 7.11. The standard InChI is InChI=1S/C25H25NO2.C16H21NO.C8H17N.C6H15N.4CH4/c1-19(2)26(17-20-7-3-9-22(15-20)24-11-5-13-27-24)18-21-8-4-10-23(16-21)25-12-6-14-28-25;1-13(2)17(3)10-9-14-6-4-7-15(12-14)16-8-5-11-18-16;1-8(2)9-6-4-3-5-7-9;1-5-7(4)6(2)3;;;;/h3-16,19H,17-18H2,1-2H3;4-8,11-13H,9-10H2,1-3H3;8H,3-7H2,1-2H3;6H,5H2,1-4H3;4*1H4. The van der Waals surface area contributed by atoms with Crippen molar-refractivity contribution in [2.24, 2.45) is 0 Å². The molecule has 0 aliphatic carbocycles. The number of furan rings is 3. The largest absolute Gasteiger partial charge is 0.464 e. The number of hydrogen-bond donors (Lipinski definition) is 0. The van der Waals surface area contributed by atoms with Crippen molar-refractivity contribution in [3.05, 3.63) is 145 Å². The van der Waals surface area contributed by atoms with Crippen LogP contribution in [0, 0.1) is 0 Å². The van der Waals surface area contributed by atoms with Crippen molar-refractivity contribution in [1.29, 1.82) is 0 Å². The van der Waals surface area contributed by atoms with E-state index in [-0.39, 0.29) is 29.7 Å². The Hall–Kier alpha value is -4.66. The number of benzene rings is 3. The highest BCUT2D eigenvalue weighted by molar-refractivity contribution is 5.59. The van der Waals surface area contributed by atoms with Crippen molar-refractivity contribution < 1.29 is 13.3 Å². The van der Waals surface area contributed by atoms with E-state index in [0.717, 1.165) is 72.6 Å². The molecule has 66 heavy (non-hydrogen) atoms. The molecule has 0 unspecified atom stereocenters. The molecule has 0 N–H and O–H groups in total. The van der Waals surface area contributed by atoms with E-state index in [1.165, 1.54) is 49.0 Å². The first-order valence-electron chi connectivity index (χ1n) is 23.1. The lowest BCUT2D eigenvalue weighted by Crippen LogP contribution is -2.35. The summed E-state index contributed by atoms with van der Waals surface area (Å²) in [7, 11) is 4.30. The molecule has 7 rings (SSSR count). The van der Waals surface area contributed by atoms with Crippen LogP contribution in [0.25, 0.3) is 34.0 Å². The molecule has 0 radical (unpaired) electrons. The van der Waals surface area contributed by atoms with Gasteiger partial charge in [0.1, 0.15) is 17.3 Å². The van der Waals surface area contributed by atoms with Crippen LogP contribution in [0.1, 0.15) is 128 Å². The fourth-order valence-electron chi connectivity index (χ4n) is 7.11. The zero-order chi connectivity index (χ0) is 44.9. The monoisotopic (exact) mass is 907 g/mol. The third-order valence-electron chi connectivity index (χ3n) is 11.8. The fraction of sp³-hybridized carbons (Fsp3) is 0.492. The molecule has 0 atom stereocenters. The molecule has 0 bridgehead atoms. The van der Waals surface area contributed by atoms with Gasteiger partial charge in [0, 0.05) is 60.5 Å². The van der Waals surface area contributed by atoms with E-state index in [4.69, 9.17) is 13.3 Å². The van der Waals surface area contributed by atoms with Crippen molar-refractivity contribution in [3.8, 4) is 34.0 Å². The molecule has 4 heterocycles. The average molecular weight is 907 g/mol. The van der Waals surface area contributed by atoms with Gasteiger partial charge in [-0.2, -0.15) is 0 Å². The van der Waals surface area contributed by atoms with Crippen LogP contribution in [0.15, 0.2) is 141 Å². The van der Waals surface area contributed by atoms with Crippen LogP contribution < -0.4 is 0 Å². The van der Waals surface area contributed by atoms with E-state index in [9.17, 15) is 0 Å². The van der Waals surface area contributed by atoms with Gasteiger partial charge >= 0.3 is 0 Å². The Kier molecular flexibility index (Phi) is 30.6. The molecule has 0 spiro atoms. The summed E-state index contributed by atoms with van der Waals surface area (Å²) in [6.45, 7) is 26.7. The van der Waals surface area contributed by atoms with Crippen molar-refractivity contribution in [3.63, 3.8) is 0 Å². The van der Waals surface area contributed by atoms with Gasteiger partial charge in [0.05, 0.1) is 18.8 Å². The minimum absolute atomic E-state index is 0. The topological polar surface area (TPSA) is 52.4 Å². The first-order valence-corrected chi connectivity index (χ1v) is 23.1. The van der Waals surface area contributed by atoms with Gasteiger partial charge in [-0.25, -0.2) is 0 Å². The van der Waals surface area contributed by atoms with Crippen LogP contribution in [-0.4, -0.2) is 84.0 Å². The molecule has 1 aliphatic heterocycles. The van der Waals surface area contributed by atoms with Gasteiger partial charge in [-0.3, -0.25) is 4.90 Å². The lowest BCUT2D eigenvalue weighted by Gasteiger charge is -2.29. The lowest BCUT2D eigenvalue weighted by atomic mass is 10.1. The zero-order valence-electron chi connectivity index (χ0n) is 40.0. The second-order valence-corrected chi connectivity index (χ2v) is 17.7. The molecular formula is C59H94N4O3. The molecule has 1 aliphatic rings. The molecular weight excluding hydrogens is 813 g/mol. The van der Waals surface area contributed by atoms with Gasteiger partial charge < -0.3 is 28.0 Å². The molecule has 368 valence electrons. The molecule has 0 amide bonds. The molecule has 1 saturated heterocycles. The van der Waals surface area contributed by atoms with E-state index < -0.39 is 0 Å². The maximum Gasteiger partial charge on any atom is 0.133 e. The first kappa shape index (κ1) is 61.3. The zero-order valence-corrected chi connectivity index (χ0v) is 40.0. The van der Waals surface area contributed by atoms with Crippen molar-refractivity contribution >= 4 is 0 Å². The maximum atomic E-state index is 5.55. The third-order valence-corrected chi connectivity index (χ3v) is 11.8. The smallest absolute Gasteiger partial charge is 0.133 e. The normalized spacial score (nSPS) is 12.3. The van der Waals surface area contributed by atoms with E-state index in [0.29, 0.717) is 18.1 Å². The first-order chi connectivity index (χ1) is 29.8. The second kappa shape index (κ2) is 32.9. The Morgan fingerprint density at radius 1 is 0.485 bits per heavy atom. The van der Waals surface area contributed by atoms with Gasteiger partial charge in [0.15, 0.2) is 0 Å². The highest BCUT2D eigenvalue weighted by Gasteiger charge is 2.14. The summed E-state index contributed by atoms with van der Waals surface area (Å²) < 4.78 is 16.5. The van der Waals surface area contributed by atoms with E-state index in [1.807, 2.05) is 36.4 Å². The summed E-state index contributed by atoms with van der Waals surface area (Å²) >= 11 is 0. The van der Waals surface area contributed by atoms with Crippen LogP contribution in [0.4, 0.5) is 0 Å². The van der Waals surface area contributed by atoms with Crippen molar-refractivity contribution in [1.82, 2.24) is 19.6 Å². The average Bonchev–Trinajstić information content (AvgIpc) is 4.12. The number of nitrogens with zero attached hydrogens (tertiary/aromatic N) is 4. The predicted molar refractivity (Wildman–Crippen MR) is 289 cm³/mol. The van der Waals surface area contributed by atoms with Gasteiger partial charge in [0.25, 0.3) is 0 Å².